The topological polar surface area (TPSA) is 29.5 Å². The number of hydrogen-bond acceptors (Lipinski definition) is 2. The summed E-state index contributed by atoms with van der Waals surface area (Å²) in [6.45, 7) is -0.404. The number of hydrogen-bond donors (Lipinski definition) is 1. The van der Waals surface area contributed by atoms with Gasteiger partial charge in [0.2, 0.25) is 0 Å². The van der Waals surface area contributed by atoms with Gasteiger partial charge in [0.05, 0.1) is 10.6 Å². The molecular formula is C16H11ClF2O2. The molecule has 0 bridgehead atoms. The molecule has 2 aromatic carbocycles. The van der Waals surface area contributed by atoms with Gasteiger partial charge >= 0.3 is 0 Å². The lowest BCUT2D eigenvalue weighted by molar-refractivity contribution is 0.298. The van der Waals surface area contributed by atoms with Crippen LogP contribution in [0.5, 0.6) is 5.75 Å². The van der Waals surface area contributed by atoms with Crippen LogP contribution in [0.15, 0.2) is 36.4 Å². The monoisotopic (exact) mass is 308 g/mol. The molecule has 5 heteroatoms. The molecule has 21 heavy (non-hydrogen) atoms. The summed E-state index contributed by atoms with van der Waals surface area (Å²) in [4.78, 5) is 0. The highest BCUT2D eigenvalue weighted by molar-refractivity contribution is 6.30. The number of ether oxygens (including phenoxy) is 1. The maximum Gasteiger partial charge on any atom is 0.148 e. The normalized spacial score (nSPS) is 9.90. The minimum absolute atomic E-state index is 0.0110. The summed E-state index contributed by atoms with van der Waals surface area (Å²) in [5.41, 5.74) is 0.442. The van der Waals surface area contributed by atoms with Gasteiger partial charge in [0.1, 0.15) is 30.6 Å². The van der Waals surface area contributed by atoms with E-state index in [9.17, 15) is 8.78 Å². The van der Waals surface area contributed by atoms with Gasteiger partial charge in [-0.2, -0.15) is 0 Å². The van der Waals surface area contributed by atoms with E-state index in [0.717, 1.165) is 6.07 Å². The highest BCUT2D eigenvalue weighted by Crippen LogP contribution is 2.21. The van der Waals surface area contributed by atoms with Crippen molar-refractivity contribution in [2.45, 2.75) is 6.61 Å². The minimum Gasteiger partial charge on any atom is -0.489 e. The fourth-order valence-corrected chi connectivity index (χ4v) is 1.84. The number of halogens is 3. The summed E-state index contributed by atoms with van der Waals surface area (Å²) >= 11 is 5.66. The van der Waals surface area contributed by atoms with Crippen molar-refractivity contribution in [3.8, 4) is 17.6 Å². The van der Waals surface area contributed by atoms with Crippen molar-refractivity contribution in [1.82, 2.24) is 0 Å². The molecule has 0 spiro atoms. The number of aliphatic hydroxyl groups is 1. The maximum atomic E-state index is 13.7. The zero-order valence-electron chi connectivity index (χ0n) is 10.9. The van der Waals surface area contributed by atoms with Crippen LogP contribution in [0.3, 0.4) is 0 Å². The fourth-order valence-electron chi connectivity index (χ4n) is 1.64. The van der Waals surface area contributed by atoms with Gasteiger partial charge in [-0.25, -0.2) is 8.78 Å². The van der Waals surface area contributed by atoms with Crippen molar-refractivity contribution in [1.29, 1.82) is 0 Å². The van der Waals surface area contributed by atoms with Crippen LogP contribution in [0, 0.1) is 23.5 Å². The third kappa shape index (κ3) is 3.94. The molecule has 0 heterocycles. The Labute approximate surface area is 125 Å². The smallest absolute Gasteiger partial charge is 0.148 e. The molecule has 0 fully saturated rings. The summed E-state index contributed by atoms with van der Waals surface area (Å²) in [5, 5.41) is 8.58. The van der Waals surface area contributed by atoms with E-state index in [-0.39, 0.29) is 35.1 Å². The van der Waals surface area contributed by atoms with Gasteiger partial charge in [0.25, 0.3) is 0 Å². The van der Waals surface area contributed by atoms with Crippen LogP contribution in [0.1, 0.15) is 11.1 Å². The van der Waals surface area contributed by atoms with E-state index < -0.39 is 11.6 Å². The SMILES string of the molecule is OCC#Cc1ccc(OCc2cccc(Cl)c2F)cc1F. The van der Waals surface area contributed by atoms with Crippen molar-refractivity contribution in [2.75, 3.05) is 6.61 Å². The molecule has 1 N–H and O–H groups in total. The molecule has 2 nitrogen and oxygen atoms in total. The second-order valence-corrected chi connectivity index (χ2v) is 4.51. The first kappa shape index (κ1) is 15.3. The van der Waals surface area contributed by atoms with E-state index in [1.165, 1.54) is 18.2 Å². The average molecular weight is 309 g/mol. The molecule has 0 aromatic heterocycles. The largest absolute Gasteiger partial charge is 0.489 e. The van der Waals surface area contributed by atoms with E-state index in [2.05, 4.69) is 11.8 Å². The molecule has 0 radical (unpaired) electrons. The Morgan fingerprint density at radius 1 is 1.19 bits per heavy atom. The second-order valence-electron chi connectivity index (χ2n) is 4.10. The third-order valence-electron chi connectivity index (χ3n) is 2.67. The Balaban J connectivity index is 2.10. The molecule has 2 aromatic rings. The fraction of sp³-hybridized carbons (Fsp3) is 0.125. The quantitative estimate of drug-likeness (QED) is 0.879. The summed E-state index contributed by atoms with van der Waals surface area (Å²) in [6.07, 6.45) is 0. The van der Waals surface area contributed by atoms with E-state index in [0.29, 0.717) is 0 Å². The van der Waals surface area contributed by atoms with Crippen molar-refractivity contribution >= 4 is 11.6 Å². The third-order valence-corrected chi connectivity index (χ3v) is 2.96. The first-order chi connectivity index (χ1) is 10.1. The van der Waals surface area contributed by atoms with Crippen LogP contribution in [0.25, 0.3) is 0 Å². The van der Waals surface area contributed by atoms with Gasteiger partial charge < -0.3 is 9.84 Å². The van der Waals surface area contributed by atoms with E-state index in [4.69, 9.17) is 21.4 Å². The van der Waals surface area contributed by atoms with Gasteiger partial charge in [0.15, 0.2) is 0 Å². The summed E-state index contributed by atoms with van der Waals surface area (Å²) in [5.74, 6) is 3.96. The van der Waals surface area contributed by atoms with Crippen molar-refractivity contribution in [2.24, 2.45) is 0 Å². The Bertz CT molecular complexity index is 705. The zero-order valence-corrected chi connectivity index (χ0v) is 11.6. The van der Waals surface area contributed by atoms with E-state index in [1.807, 2.05) is 0 Å². The minimum atomic E-state index is -0.569. The van der Waals surface area contributed by atoms with Crippen LogP contribution >= 0.6 is 11.6 Å². The molecule has 108 valence electrons. The molecule has 0 atom stereocenters. The van der Waals surface area contributed by atoms with Crippen molar-refractivity contribution in [3.05, 3.63) is 64.2 Å². The molecule has 0 saturated carbocycles. The Hall–Kier alpha value is -2.09. The number of aliphatic hydroxyl groups excluding tert-OH is 1. The average Bonchev–Trinajstić information content (AvgIpc) is 2.48. The lowest BCUT2D eigenvalue weighted by Crippen LogP contribution is -1.99. The van der Waals surface area contributed by atoms with E-state index >= 15 is 0 Å². The standard InChI is InChI=1S/C16H11ClF2O2/c17-14-5-1-3-12(16(14)19)10-21-13-7-6-11(4-2-8-20)15(18)9-13/h1,3,5-7,9,20H,8,10H2. The number of rotatable bonds is 3. The van der Waals surface area contributed by atoms with Crippen LogP contribution in [-0.4, -0.2) is 11.7 Å². The van der Waals surface area contributed by atoms with Crippen LogP contribution in [0.2, 0.25) is 5.02 Å². The molecule has 0 aliphatic rings. The van der Waals surface area contributed by atoms with Crippen molar-refractivity contribution < 1.29 is 18.6 Å². The molecule has 0 unspecified atom stereocenters. The molecule has 0 aliphatic heterocycles. The summed E-state index contributed by atoms with van der Waals surface area (Å²) < 4.78 is 32.7. The highest BCUT2D eigenvalue weighted by Gasteiger charge is 2.08. The Kier molecular flexibility index (Phi) is 5.15. The predicted octanol–water partition coefficient (Wildman–Crippen LogP) is 3.54. The van der Waals surface area contributed by atoms with Crippen LogP contribution < -0.4 is 4.74 Å². The maximum absolute atomic E-state index is 13.7. The molecular weight excluding hydrogens is 298 g/mol. The van der Waals surface area contributed by atoms with Crippen LogP contribution in [-0.2, 0) is 6.61 Å². The predicted molar refractivity (Wildman–Crippen MR) is 76.1 cm³/mol. The van der Waals surface area contributed by atoms with Crippen molar-refractivity contribution in [3.63, 3.8) is 0 Å². The zero-order chi connectivity index (χ0) is 15.2. The molecule has 0 amide bonds. The van der Waals surface area contributed by atoms with Gasteiger partial charge in [-0.15, -0.1) is 0 Å². The second kappa shape index (κ2) is 7.07. The van der Waals surface area contributed by atoms with Gasteiger partial charge in [-0.3, -0.25) is 0 Å². The number of benzene rings is 2. The van der Waals surface area contributed by atoms with Gasteiger partial charge in [-0.1, -0.05) is 35.6 Å². The molecule has 2 rings (SSSR count). The van der Waals surface area contributed by atoms with Gasteiger partial charge in [-0.05, 0) is 18.2 Å². The Morgan fingerprint density at radius 3 is 2.71 bits per heavy atom. The lowest BCUT2D eigenvalue weighted by Gasteiger charge is -2.08. The molecule has 0 saturated heterocycles. The van der Waals surface area contributed by atoms with Gasteiger partial charge in [0, 0.05) is 11.6 Å². The first-order valence-corrected chi connectivity index (χ1v) is 6.44. The summed E-state index contributed by atoms with van der Waals surface area (Å²) in [6, 6.07) is 8.70. The highest BCUT2D eigenvalue weighted by atomic mass is 35.5. The Morgan fingerprint density at radius 2 is 2.00 bits per heavy atom. The first-order valence-electron chi connectivity index (χ1n) is 6.07. The summed E-state index contributed by atoms with van der Waals surface area (Å²) in [7, 11) is 0. The lowest BCUT2D eigenvalue weighted by atomic mass is 10.2. The molecule has 0 aliphatic carbocycles. The van der Waals surface area contributed by atoms with Crippen LogP contribution in [0.4, 0.5) is 8.78 Å². The van der Waals surface area contributed by atoms with E-state index in [1.54, 1.807) is 12.1 Å².